The molecule has 1 atom stereocenters. The highest BCUT2D eigenvalue weighted by Gasteiger charge is 2.76. The summed E-state index contributed by atoms with van der Waals surface area (Å²) in [6.07, 6.45) is 2.95. The lowest BCUT2D eigenvalue weighted by Gasteiger charge is -2.26. The summed E-state index contributed by atoms with van der Waals surface area (Å²) in [7, 11) is 0. The van der Waals surface area contributed by atoms with Crippen molar-refractivity contribution in [1.29, 1.82) is 0 Å². The van der Waals surface area contributed by atoms with Crippen molar-refractivity contribution in [3.63, 3.8) is 0 Å². The molecule has 1 saturated carbocycles. The third-order valence-corrected chi connectivity index (χ3v) is 5.06. The molecular formula is C11H22N+. The Morgan fingerprint density at radius 1 is 1.08 bits per heavy atom. The van der Waals surface area contributed by atoms with Crippen LogP contribution in [0.5, 0.6) is 0 Å². The van der Waals surface area contributed by atoms with Gasteiger partial charge in [0.05, 0.1) is 13.1 Å². The molecule has 0 spiro atoms. The Bertz CT molecular complexity index is 201. The van der Waals surface area contributed by atoms with E-state index in [1.54, 1.807) is 0 Å². The Kier molecular flexibility index (Phi) is 1.47. The van der Waals surface area contributed by atoms with Crippen molar-refractivity contribution in [3.8, 4) is 0 Å². The Morgan fingerprint density at radius 2 is 1.58 bits per heavy atom. The van der Waals surface area contributed by atoms with Gasteiger partial charge in [-0.3, -0.25) is 0 Å². The molecule has 1 heterocycles. The van der Waals surface area contributed by atoms with Gasteiger partial charge in [-0.05, 0) is 33.6 Å². The minimum Gasteiger partial charge on any atom is -0.309 e. The van der Waals surface area contributed by atoms with Crippen LogP contribution in [-0.4, -0.2) is 29.7 Å². The summed E-state index contributed by atoms with van der Waals surface area (Å²) < 4.78 is 1.39. The Balaban J connectivity index is 2.17. The molecule has 2 aliphatic rings. The molecule has 1 aliphatic heterocycles. The predicted molar refractivity (Wildman–Crippen MR) is 52.0 cm³/mol. The summed E-state index contributed by atoms with van der Waals surface area (Å²) in [6.45, 7) is 13.8. The number of nitrogens with zero attached hydrogens (tertiary/aromatic N) is 1. The van der Waals surface area contributed by atoms with Crippen LogP contribution < -0.4 is 0 Å². The van der Waals surface area contributed by atoms with Gasteiger partial charge in [0.15, 0.2) is 5.54 Å². The molecule has 0 aromatic heterocycles. The zero-order chi connectivity index (χ0) is 9.04. The van der Waals surface area contributed by atoms with E-state index in [1.807, 2.05) is 0 Å². The van der Waals surface area contributed by atoms with Crippen molar-refractivity contribution >= 4 is 0 Å². The molecule has 2 rings (SSSR count). The van der Waals surface area contributed by atoms with Gasteiger partial charge in [-0.1, -0.05) is 6.92 Å². The minimum absolute atomic E-state index is 0.649. The lowest BCUT2D eigenvalue weighted by molar-refractivity contribution is -0.829. The summed E-state index contributed by atoms with van der Waals surface area (Å²) in [4.78, 5) is 0. The molecule has 12 heavy (non-hydrogen) atoms. The van der Waals surface area contributed by atoms with Crippen LogP contribution in [0.3, 0.4) is 0 Å². The van der Waals surface area contributed by atoms with Gasteiger partial charge >= 0.3 is 0 Å². The zero-order valence-electron chi connectivity index (χ0n) is 8.98. The van der Waals surface area contributed by atoms with Gasteiger partial charge in [0, 0.05) is 5.41 Å². The van der Waals surface area contributed by atoms with Gasteiger partial charge in [0.1, 0.15) is 6.54 Å². The summed E-state index contributed by atoms with van der Waals surface area (Å²) in [5.74, 6) is 0. The molecule has 1 aliphatic carbocycles. The predicted octanol–water partition coefficient (Wildman–Crippen LogP) is 2.42. The van der Waals surface area contributed by atoms with Crippen LogP contribution in [0.2, 0.25) is 0 Å². The van der Waals surface area contributed by atoms with Crippen molar-refractivity contribution in [2.45, 2.75) is 46.1 Å². The maximum atomic E-state index is 2.51. The number of hydrogen-bond donors (Lipinski definition) is 0. The third kappa shape index (κ3) is 0.736. The molecule has 70 valence electrons. The van der Waals surface area contributed by atoms with Gasteiger partial charge in [0.2, 0.25) is 0 Å². The normalized spacial score (nSPS) is 41.0. The molecular weight excluding hydrogens is 146 g/mol. The monoisotopic (exact) mass is 168 g/mol. The second-order valence-corrected chi connectivity index (χ2v) is 5.27. The summed E-state index contributed by atoms with van der Waals surface area (Å²) in [5.41, 5.74) is 1.36. The van der Waals surface area contributed by atoms with Crippen LogP contribution in [-0.2, 0) is 0 Å². The van der Waals surface area contributed by atoms with Crippen LogP contribution in [0.1, 0.15) is 40.5 Å². The first-order valence-corrected chi connectivity index (χ1v) is 5.40. The number of quaternary nitrogens is 1. The molecule has 0 N–H and O–H groups in total. The lowest BCUT2D eigenvalue weighted by Crippen LogP contribution is -2.38. The lowest BCUT2D eigenvalue weighted by atomic mass is 9.92. The SMILES string of the molecule is CC[N+]1(CC)CC1(C)C1(C)CC1. The van der Waals surface area contributed by atoms with Gasteiger partial charge < -0.3 is 4.48 Å². The Hall–Kier alpha value is -0.0400. The fraction of sp³-hybridized carbons (Fsp3) is 1.00. The topological polar surface area (TPSA) is 0 Å². The fourth-order valence-corrected chi connectivity index (χ4v) is 3.19. The van der Waals surface area contributed by atoms with Crippen molar-refractivity contribution in [2.24, 2.45) is 5.41 Å². The van der Waals surface area contributed by atoms with Crippen molar-refractivity contribution < 1.29 is 4.48 Å². The zero-order valence-corrected chi connectivity index (χ0v) is 8.98. The van der Waals surface area contributed by atoms with E-state index in [0.29, 0.717) is 11.0 Å². The van der Waals surface area contributed by atoms with E-state index in [9.17, 15) is 0 Å². The highest BCUT2D eigenvalue weighted by molar-refractivity contribution is 5.11. The first kappa shape index (κ1) is 8.55. The van der Waals surface area contributed by atoms with E-state index in [1.165, 1.54) is 37.0 Å². The summed E-state index contributed by atoms with van der Waals surface area (Å²) >= 11 is 0. The van der Waals surface area contributed by atoms with E-state index >= 15 is 0 Å². The van der Waals surface area contributed by atoms with Crippen molar-refractivity contribution in [1.82, 2.24) is 0 Å². The van der Waals surface area contributed by atoms with Gasteiger partial charge in [-0.25, -0.2) is 0 Å². The average Bonchev–Trinajstić information content (AvgIpc) is 2.91. The highest BCUT2D eigenvalue weighted by atomic mass is 15.5. The van der Waals surface area contributed by atoms with E-state index in [0.717, 1.165) is 0 Å². The third-order valence-electron chi connectivity index (χ3n) is 5.06. The van der Waals surface area contributed by atoms with Crippen LogP contribution in [0.4, 0.5) is 0 Å². The Morgan fingerprint density at radius 3 is 1.83 bits per heavy atom. The number of hydrogen-bond acceptors (Lipinski definition) is 0. The van der Waals surface area contributed by atoms with Gasteiger partial charge in [-0.2, -0.15) is 0 Å². The van der Waals surface area contributed by atoms with E-state index in [-0.39, 0.29) is 0 Å². The standard InChI is InChI=1S/C11H22N/c1-5-12(6-2)9-11(12,4)10(3)7-8-10/h5-9H2,1-4H3/q+1. The quantitative estimate of drug-likeness (QED) is 0.448. The maximum absolute atomic E-state index is 2.51. The van der Waals surface area contributed by atoms with E-state index < -0.39 is 0 Å². The second-order valence-electron chi connectivity index (χ2n) is 5.27. The summed E-state index contributed by atoms with van der Waals surface area (Å²) in [6, 6.07) is 0. The van der Waals surface area contributed by atoms with Crippen molar-refractivity contribution in [2.75, 3.05) is 19.6 Å². The highest BCUT2D eigenvalue weighted by Crippen LogP contribution is 2.65. The van der Waals surface area contributed by atoms with Crippen LogP contribution in [0, 0.1) is 5.41 Å². The fourth-order valence-electron chi connectivity index (χ4n) is 3.19. The molecule has 2 fully saturated rings. The molecule has 1 heteroatoms. The number of rotatable bonds is 3. The summed E-state index contributed by atoms with van der Waals surface area (Å²) in [5, 5.41) is 0. The smallest absolute Gasteiger partial charge is 0.151 e. The van der Waals surface area contributed by atoms with E-state index in [4.69, 9.17) is 0 Å². The molecule has 1 unspecified atom stereocenters. The largest absolute Gasteiger partial charge is 0.309 e. The molecule has 1 saturated heterocycles. The second kappa shape index (κ2) is 2.06. The molecule has 0 radical (unpaired) electrons. The van der Waals surface area contributed by atoms with Gasteiger partial charge in [-0.15, -0.1) is 0 Å². The van der Waals surface area contributed by atoms with E-state index in [2.05, 4.69) is 27.7 Å². The molecule has 0 aromatic carbocycles. The van der Waals surface area contributed by atoms with Gasteiger partial charge in [0.25, 0.3) is 0 Å². The Labute approximate surface area is 76.3 Å². The van der Waals surface area contributed by atoms with Crippen LogP contribution in [0.15, 0.2) is 0 Å². The van der Waals surface area contributed by atoms with Crippen LogP contribution >= 0.6 is 0 Å². The first-order chi connectivity index (χ1) is 5.54. The maximum Gasteiger partial charge on any atom is 0.151 e. The minimum atomic E-state index is 0.649. The van der Waals surface area contributed by atoms with Crippen molar-refractivity contribution in [3.05, 3.63) is 0 Å². The first-order valence-electron chi connectivity index (χ1n) is 5.40. The molecule has 0 bridgehead atoms. The molecule has 0 amide bonds. The molecule has 1 nitrogen and oxygen atoms in total. The number of likely N-dealkylation sites (N-methyl/N-ethyl adjacent to an activating group) is 1. The molecule has 0 aromatic rings. The van der Waals surface area contributed by atoms with Crippen LogP contribution in [0.25, 0.3) is 0 Å². The average molecular weight is 168 g/mol.